The lowest BCUT2D eigenvalue weighted by molar-refractivity contribution is -0.376. The molecule has 12 heteroatoms. The topological polar surface area (TPSA) is 32.7 Å². The Hall–Kier alpha value is -3.41. The predicted molar refractivity (Wildman–Crippen MR) is 120 cm³/mol. The Morgan fingerprint density at radius 1 is 0.763 bits per heavy atom. The highest BCUT2D eigenvalue weighted by atomic mass is 19.4. The Kier molecular flexibility index (Phi) is 6.84. The molecular formula is C26H20F9NO2. The largest absolute Gasteiger partial charge is 0.457 e. The number of nitrogens with zero attached hydrogens (tertiary/aromatic N) is 1. The van der Waals surface area contributed by atoms with Gasteiger partial charge in [0.05, 0.1) is 5.56 Å². The van der Waals surface area contributed by atoms with Gasteiger partial charge in [0, 0.05) is 23.8 Å². The van der Waals surface area contributed by atoms with Gasteiger partial charge in [0.1, 0.15) is 11.5 Å². The molecule has 0 bridgehead atoms. The van der Waals surface area contributed by atoms with Crippen molar-refractivity contribution < 1.29 is 49.4 Å². The zero-order valence-electron chi connectivity index (χ0n) is 19.5. The van der Waals surface area contributed by atoms with Crippen molar-refractivity contribution in [1.29, 1.82) is 0 Å². The van der Waals surface area contributed by atoms with Crippen LogP contribution in [0.25, 0.3) is 0 Å². The van der Waals surface area contributed by atoms with Crippen molar-refractivity contribution in [3.05, 3.63) is 89.0 Å². The van der Waals surface area contributed by atoms with Crippen LogP contribution in [-0.2, 0) is 24.7 Å². The molecule has 3 aromatic rings. The van der Waals surface area contributed by atoms with E-state index < -0.39 is 35.3 Å². The second-order valence-electron chi connectivity index (χ2n) is 9.00. The molecule has 0 fully saturated rings. The second kappa shape index (κ2) is 9.40. The number of anilines is 1. The minimum Gasteiger partial charge on any atom is -0.457 e. The average molecular weight is 549 g/mol. The van der Waals surface area contributed by atoms with E-state index in [1.807, 2.05) is 4.90 Å². The number of benzene rings is 3. The molecule has 38 heavy (non-hydrogen) atoms. The summed E-state index contributed by atoms with van der Waals surface area (Å²) in [7, 11) is 0. The van der Waals surface area contributed by atoms with Crippen LogP contribution in [0.5, 0.6) is 11.5 Å². The molecule has 1 unspecified atom stereocenters. The molecular weight excluding hydrogens is 529 g/mol. The maximum absolute atomic E-state index is 13.3. The summed E-state index contributed by atoms with van der Waals surface area (Å²) >= 11 is 0. The van der Waals surface area contributed by atoms with Crippen LogP contribution in [0.1, 0.15) is 29.2 Å². The van der Waals surface area contributed by atoms with Crippen molar-refractivity contribution in [2.75, 3.05) is 4.90 Å². The number of hydrogen-bond acceptors (Lipinski definition) is 3. The van der Waals surface area contributed by atoms with E-state index in [-0.39, 0.29) is 30.3 Å². The van der Waals surface area contributed by atoms with Gasteiger partial charge in [-0.25, -0.2) is 0 Å². The summed E-state index contributed by atoms with van der Waals surface area (Å²) in [5.41, 5.74) is -5.67. The zero-order valence-corrected chi connectivity index (χ0v) is 19.5. The molecule has 0 aliphatic carbocycles. The smallest absolute Gasteiger partial charge is 0.430 e. The van der Waals surface area contributed by atoms with Crippen LogP contribution in [0, 0.1) is 0 Å². The lowest BCUT2D eigenvalue weighted by Crippen LogP contribution is -2.53. The fourth-order valence-electron chi connectivity index (χ4n) is 4.36. The Balaban J connectivity index is 1.50. The maximum atomic E-state index is 13.3. The minimum atomic E-state index is -5.96. The zero-order chi connectivity index (χ0) is 28.1. The monoisotopic (exact) mass is 549 g/mol. The number of alkyl halides is 9. The Morgan fingerprint density at radius 2 is 1.26 bits per heavy atom. The van der Waals surface area contributed by atoms with Crippen LogP contribution in [0.15, 0.2) is 66.7 Å². The standard InChI is InChI=1S/C26H20F9NO2/c1-15-12-17-13-19(23(37,25(30,31)32)26(33,34)35)6-11-22(17)36(15)14-16-2-7-20(8-3-16)38-21-9-4-18(5-10-21)24(27,28)29/h2-11,13,15,37H,12,14H2,1H3. The quantitative estimate of drug-likeness (QED) is 0.330. The molecule has 0 amide bonds. The van der Waals surface area contributed by atoms with Crippen molar-refractivity contribution in [3.63, 3.8) is 0 Å². The Labute approximate surface area is 211 Å². The number of rotatable bonds is 5. The van der Waals surface area contributed by atoms with E-state index in [9.17, 15) is 44.6 Å². The van der Waals surface area contributed by atoms with Crippen molar-refractivity contribution in [2.45, 2.75) is 50.1 Å². The summed E-state index contributed by atoms with van der Waals surface area (Å²) in [6, 6.07) is 13.0. The molecule has 1 N–H and O–H groups in total. The fraction of sp³-hybridized carbons (Fsp3) is 0.308. The first-order valence-corrected chi connectivity index (χ1v) is 11.2. The van der Waals surface area contributed by atoms with Crippen molar-refractivity contribution in [1.82, 2.24) is 0 Å². The molecule has 0 saturated carbocycles. The van der Waals surface area contributed by atoms with E-state index in [1.54, 1.807) is 31.2 Å². The molecule has 3 nitrogen and oxygen atoms in total. The number of ether oxygens (including phenoxy) is 1. The summed E-state index contributed by atoms with van der Waals surface area (Å²) in [6.07, 6.45) is -16.2. The van der Waals surface area contributed by atoms with Crippen LogP contribution < -0.4 is 9.64 Å². The summed E-state index contributed by atoms with van der Waals surface area (Å²) in [5.74, 6) is 0.549. The van der Waals surface area contributed by atoms with Crippen LogP contribution in [0.3, 0.4) is 0 Å². The molecule has 0 saturated heterocycles. The maximum Gasteiger partial charge on any atom is 0.430 e. The first kappa shape index (κ1) is 27.6. The van der Waals surface area contributed by atoms with Crippen LogP contribution >= 0.6 is 0 Å². The number of fused-ring (bicyclic) bond motifs is 1. The number of halogens is 9. The van der Waals surface area contributed by atoms with Crippen LogP contribution in [0.2, 0.25) is 0 Å². The third-order valence-corrected chi connectivity index (χ3v) is 6.37. The molecule has 3 aromatic carbocycles. The molecule has 1 aliphatic rings. The van der Waals surface area contributed by atoms with Gasteiger partial charge in [-0.05, 0) is 66.9 Å². The Bertz CT molecular complexity index is 1270. The molecule has 204 valence electrons. The molecule has 1 atom stereocenters. The van der Waals surface area contributed by atoms with E-state index in [4.69, 9.17) is 4.74 Å². The normalized spacial score (nSPS) is 16.5. The highest BCUT2D eigenvalue weighted by Crippen LogP contribution is 2.51. The molecule has 0 radical (unpaired) electrons. The minimum absolute atomic E-state index is 0.171. The second-order valence-corrected chi connectivity index (χ2v) is 9.00. The van der Waals surface area contributed by atoms with Crippen molar-refractivity contribution in [2.24, 2.45) is 0 Å². The third-order valence-electron chi connectivity index (χ3n) is 6.37. The van der Waals surface area contributed by atoms with Gasteiger partial charge >= 0.3 is 18.5 Å². The summed E-state index contributed by atoms with van der Waals surface area (Å²) in [5, 5.41) is 9.71. The van der Waals surface area contributed by atoms with E-state index in [0.717, 1.165) is 29.8 Å². The predicted octanol–water partition coefficient (Wildman–Crippen LogP) is 7.76. The Morgan fingerprint density at radius 3 is 1.76 bits per heavy atom. The van der Waals surface area contributed by atoms with Gasteiger partial charge < -0.3 is 14.7 Å². The van der Waals surface area contributed by atoms with E-state index in [1.165, 1.54) is 12.1 Å². The highest BCUT2D eigenvalue weighted by Gasteiger charge is 2.71. The van der Waals surface area contributed by atoms with Crippen molar-refractivity contribution in [3.8, 4) is 11.5 Å². The van der Waals surface area contributed by atoms with E-state index >= 15 is 0 Å². The first-order chi connectivity index (χ1) is 17.5. The number of hydrogen-bond donors (Lipinski definition) is 1. The van der Waals surface area contributed by atoms with Gasteiger partial charge in [0.15, 0.2) is 0 Å². The van der Waals surface area contributed by atoms with Gasteiger partial charge in [-0.15, -0.1) is 0 Å². The van der Waals surface area contributed by atoms with Gasteiger partial charge in [-0.1, -0.05) is 24.3 Å². The van der Waals surface area contributed by atoms with E-state index in [0.29, 0.717) is 17.5 Å². The van der Waals surface area contributed by atoms with Crippen molar-refractivity contribution >= 4 is 5.69 Å². The fourth-order valence-corrected chi connectivity index (χ4v) is 4.36. The molecule has 1 aliphatic heterocycles. The average Bonchev–Trinajstić information content (AvgIpc) is 3.12. The summed E-state index contributed by atoms with van der Waals surface area (Å²) in [6.45, 7) is 2.04. The molecule has 4 rings (SSSR count). The van der Waals surface area contributed by atoms with Gasteiger partial charge in [0.25, 0.3) is 5.60 Å². The SMILES string of the molecule is CC1Cc2cc(C(O)(C(F)(F)F)C(F)(F)F)ccc2N1Cc1ccc(Oc2ccc(C(F)(F)F)cc2)cc1. The molecule has 1 heterocycles. The van der Waals surface area contributed by atoms with E-state index in [2.05, 4.69) is 0 Å². The van der Waals surface area contributed by atoms with Gasteiger partial charge in [-0.3, -0.25) is 0 Å². The third kappa shape index (κ3) is 5.13. The lowest BCUT2D eigenvalue weighted by Gasteiger charge is -2.33. The van der Waals surface area contributed by atoms with Crippen LogP contribution in [-0.4, -0.2) is 23.5 Å². The number of aliphatic hydroxyl groups is 1. The highest BCUT2D eigenvalue weighted by molar-refractivity contribution is 5.61. The summed E-state index contributed by atoms with van der Waals surface area (Å²) in [4.78, 5) is 1.81. The lowest BCUT2D eigenvalue weighted by atomic mass is 9.90. The van der Waals surface area contributed by atoms with Crippen LogP contribution in [0.4, 0.5) is 45.2 Å². The van der Waals surface area contributed by atoms with Gasteiger partial charge in [-0.2, -0.15) is 39.5 Å². The molecule has 0 aromatic heterocycles. The molecule has 0 spiro atoms. The first-order valence-electron chi connectivity index (χ1n) is 11.2. The summed E-state index contributed by atoms with van der Waals surface area (Å²) < 4.78 is 123. The van der Waals surface area contributed by atoms with Gasteiger partial charge in [0.2, 0.25) is 0 Å².